The molecule has 8 heteroatoms. The fourth-order valence-corrected chi connectivity index (χ4v) is 2.11. The Morgan fingerprint density at radius 2 is 1.84 bits per heavy atom. The molecule has 0 aliphatic heterocycles. The first-order valence-corrected chi connectivity index (χ1v) is 6.87. The van der Waals surface area contributed by atoms with Crippen molar-refractivity contribution in [2.24, 2.45) is 0 Å². The zero-order valence-electron chi connectivity index (χ0n) is 9.52. The smallest absolute Gasteiger partial charge is 0.258 e. The molecule has 0 atom stereocenters. The molecule has 2 aromatic rings. The zero-order chi connectivity index (χ0) is 14.2. The van der Waals surface area contributed by atoms with E-state index < -0.39 is 4.92 Å². The lowest BCUT2D eigenvalue weighted by Gasteiger charge is -2.06. The molecule has 98 valence electrons. The third kappa shape index (κ3) is 2.96. The quantitative estimate of drug-likeness (QED) is 0.321. The monoisotopic (exact) mass is 409 g/mol. The van der Waals surface area contributed by atoms with Crippen molar-refractivity contribution in [1.29, 1.82) is 0 Å². The van der Waals surface area contributed by atoms with E-state index in [9.17, 15) is 10.1 Å². The van der Waals surface area contributed by atoms with Crippen LogP contribution in [0.5, 0.6) is 0 Å². The first kappa shape index (κ1) is 14.4. The van der Waals surface area contributed by atoms with Crippen LogP contribution in [-0.4, -0.2) is 14.9 Å². The first-order chi connectivity index (χ1) is 8.90. The fourth-order valence-electron chi connectivity index (χ4n) is 1.48. The summed E-state index contributed by atoms with van der Waals surface area (Å²) >= 11 is 13.8. The third-order valence-corrected chi connectivity index (χ3v) is 4.65. The molecule has 0 aliphatic carbocycles. The number of hydrogen-bond donors (Lipinski definition) is 0. The van der Waals surface area contributed by atoms with Crippen LogP contribution in [0.1, 0.15) is 5.56 Å². The minimum atomic E-state index is -0.473. The van der Waals surface area contributed by atoms with Crippen molar-refractivity contribution in [2.75, 3.05) is 0 Å². The molecule has 5 nitrogen and oxygen atoms in total. The molecule has 0 aliphatic rings. The van der Waals surface area contributed by atoms with Crippen LogP contribution in [0.15, 0.2) is 18.2 Å². The van der Waals surface area contributed by atoms with Gasteiger partial charge in [0, 0.05) is 17.7 Å². The van der Waals surface area contributed by atoms with Gasteiger partial charge < -0.3 is 0 Å². The second-order valence-electron chi connectivity index (χ2n) is 3.70. The second kappa shape index (κ2) is 5.56. The summed E-state index contributed by atoms with van der Waals surface area (Å²) in [5, 5.41) is 11.2. The standard InChI is InChI=1S/C11H6Cl2IN3O2/c1-5-2-3-6(17(18)19)4-7(5)11-15-9(12)8(14)10(13)16-11/h2-4H,1H3. The normalized spacial score (nSPS) is 10.5. The molecule has 0 unspecified atom stereocenters. The zero-order valence-corrected chi connectivity index (χ0v) is 13.2. The first-order valence-electron chi connectivity index (χ1n) is 5.04. The highest BCUT2D eigenvalue weighted by Gasteiger charge is 2.15. The number of non-ortho nitro benzene ring substituents is 1. The Bertz CT molecular complexity index is 656. The van der Waals surface area contributed by atoms with Gasteiger partial charge in [-0.15, -0.1) is 0 Å². The lowest BCUT2D eigenvalue weighted by atomic mass is 10.1. The van der Waals surface area contributed by atoms with Crippen LogP contribution in [0.2, 0.25) is 10.3 Å². The van der Waals surface area contributed by atoms with Crippen molar-refractivity contribution in [1.82, 2.24) is 9.97 Å². The fraction of sp³-hybridized carbons (Fsp3) is 0.0909. The van der Waals surface area contributed by atoms with Gasteiger partial charge in [-0.25, -0.2) is 9.97 Å². The molecular formula is C11H6Cl2IN3O2. The van der Waals surface area contributed by atoms with Crippen molar-refractivity contribution in [3.05, 3.63) is 47.8 Å². The number of aryl methyl sites for hydroxylation is 1. The summed E-state index contributed by atoms with van der Waals surface area (Å²) in [6.07, 6.45) is 0. The Labute approximate surface area is 132 Å². The van der Waals surface area contributed by atoms with Crippen LogP contribution in [0, 0.1) is 20.6 Å². The lowest BCUT2D eigenvalue weighted by Crippen LogP contribution is -1.97. The van der Waals surface area contributed by atoms with Crippen molar-refractivity contribution in [3.8, 4) is 11.4 Å². The van der Waals surface area contributed by atoms with E-state index in [1.807, 2.05) is 29.5 Å². The van der Waals surface area contributed by atoms with E-state index in [4.69, 9.17) is 23.2 Å². The third-order valence-electron chi connectivity index (χ3n) is 2.44. The van der Waals surface area contributed by atoms with Crippen molar-refractivity contribution in [2.45, 2.75) is 6.92 Å². The van der Waals surface area contributed by atoms with E-state index in [-0.39, 0.29) is 21.8 Å². The van der Waals surface area contributed by atoms with Gasteiger partial charge in [-0.3, -0.25) is 10.1 Å². The van der Waals surface area contributed by atoms with E-state index in [0.29, 0.717) is 9.13 Å². The molecule has 0 bridgehead atoms. The van der Waals surface area contributed by atoms with Gasteiger partial charge in [0.25, 0.3) is 5.69 Å². The van der Waals surface area contributed by atoms with Gasteiger partial charge in [-0.05, 0) is 35.1 Å². The molecule has 2 rings (SSSR count). The number of benzene rings is 1. The second-order valence-corrected chi connectivity index (χ2v) is 5.49. The minimum Gasteiger partial charge on any atom is -0.258 e. The largest absolute Gasteiger partial charge is 0.270 e. The summed E-state index contributed by atoms with van der Waals surface area (Å²) in [6.45, 7) is 1.81. The Kier molecular flexibility index (Phi) is 4.22. The van der Waals surface area contributed by atoms with Crippen LogP contribution in [0.4, 0.5) is 5.69 Å². The molecule has 0 saturated heterocycles. The number of aromatic nitrogens is 2. The Morgan fingerprint density at radius 3 is 2.37 bits per heavy atom. The maximum absolute atomic E-state index is 10.8. The average Bonchev–Trinajstić information content (AvgIpc) is 2.35. The average molecular weight is 410 g/mol. The topological polar surface area (TPSA) is 68.9 Å². The highest BCUT2D eigenvalue weighted by atomic mass is 127. The molecule has 19 heavy (non-hydrogen) atoms. The summed E-state index contributed by atoms with van der Waals surface area (Å²) in [6, 6.07) is 4.47. The van der Waals surface area contributed by atoms with Gasteiger partial charge in [0.1, 0.15) is 10.3 Å². The van der Waals surface area contributed by atoms with E-state index >= 15 is 0 Å². The predicted octanol–water partition coefficient (Wildman–Crippen LogP) is 4.27. The molecular weight excluding hydrogens is 404 g/mol. The predicted molar refractivity (Wildman–Crippen MR) is 81.6 cm³/mol. The van der Waals surface area contributed by atoms with E-state index in [1.165, 1.54) is 12.1 Å². The molecule has 1 aromatic carbocycles. The van der Waals surface area contributed by atoms with Crippen molar-refractivity contribution < 1.29 is 4.92 Å². The lowest BCUT2D eigenvalue weighted by molar-refractivity contribution is -0.384. The van der Waals surface area contributed by atoms with Gasteiger partial charge in [0.2, 0.25) is 0 Å². The number of nitro groups is 1. The molecule has 0 fully saturated rings. The van der Waals surface area contributed by atoms with Crippen LogP contribution in [-0.2, 0) is 0 Å². The van der Waals surface area contributed by atoms with E-state index in [2.05, 4.69) is 9.97 Å². The Balaban J connectivity index is 2.64. The summed E-state index contributed by atoms with van der Waals surface area (Å²) in [5.74, 6) is 0.275. The highest BCUT2D eigenvalue weighted by molar-refractivity contribution is 14.1. The van der Waals surface area contributed by atoms with Crippen LogP contribution >= 0.6 is 45.8 Å². The highest BCUT2D eigenvalue weighted by Crippen LogP contribution is 2.30. The van der Waals surface area contributed by atoms with Crippen LogP contribution < -0.4 is 0 Å². The van der Waals surface area contributed by atoms with Gasteiger partial charge >= 0.3 is 0 Å². The number of rotatable bonds is 2. The van der Waals surface area contributed by atoms with Crippen molar-refractivity contribution in [3.63, 3.8) is 0 Å². The van der Waals surface area contributed by atoms with E-state index in [1.54, 1.807) is 6.07 Å². The molecule has 0 amide bonds. The SMILES string of the molecule is Cc1ccc([N+](=O)[O-])cc1-c1nc(Cl)c(I)c(Cl)n1. The summed E-state index contributed by atoms with van der Waals surface area (Å²) in [4.78, 5) is 18.5. The molecule has 0 spiro atoms. The Hall–Kier alpha value is -0.990. The van der Waals surface area contributed by atoms with Gasteiger partial charge in [-0.1, -0.05) is 29.3 Å². The van der Waals surface area contributed by atoms with Gasteiger partial charge in [-0.2, -0.15) is 0 Å². The summed E-state index contributed by atoms with van der Waals surface area (Å²) < 4.78 is 0.549. The van der Waals surface area contributed by atoms with Gasteiger partial charge in [0.15, 0.2) is 5.82 Å². The molecule has 1 aromatic heterocycles. The molecule has 0 saturated carbocycles. The molecule has 0 radical (unpaired) electrons. The molecule has 0 N–H and O–H groups in total. The Morgan fingerprint density at radius 1 is 1.26 bits per heavy atom. The van der Waals surface area contributed by atoms with Crippen molar-refractivity contribution >= 4 is 51.5 Å². The number of nitro benzene ring substituents is 1. The number of halogens is 3. The number of hydrogen-bond acceptors (Lipinski definition) is 4. The minimum absolute atomic E-state index is 0.0324. The maximum atomic E-state index is 10.8. The van der Waals surface area contributed by atoms with E-state index in [0.717, 1.165) is 5.56 Å². The summed E-state index contributed by atoms with van der Waals surface area (Å²) in [5.41, 5.74) is 1.31. The number of nitrogens with zero attached hydrogens (tertiary/aromatic N) is 3. The van der Waals surface area contributed by atoms with Crippen LogP contribution in [0.3, 0.4) is 0 Å². The maximum Gasteiger partial charge on any atom is 0.270 e. The van der Waals surface area contributed by atoms with Crippen LogP contribution in [0.25, 0.3) is 11.4 Å². The molecule has 1 heterocycles. The van der Waals surface area contributed by atoms with Gasteiger partial charge in [0.05, 0.1) is 8.49 Å². The summed E-state index contributed by atoms with van der Waals surface area (Å²) in [7, 11) is 0.